The molecule has 0 atom stereocenters. The number of rotatable bonds is 6. The Bertz CT molecular complexity index is 953. The van der Waals surface area contributed by atoms with Crippen LogP contribution in [0.2, 0.25) is 5.02 Å². The van der Waals surface area contributed by atoms with E-state index in [0.717, 1.165) is 10.6 Å². The highest BCUT2D eigenvalue weighted by Gasteiger charge is 2.24. The van der Waals surface area contributed by atoms with Crippen LogP contribution in [-0.4, -0.2) is 34.2 Å². The average molecular weight is 394 g/mol. The van der Waals surface area contributed by atoms with Crippen LogP contribution in [0.4, 0.5) is 11.4 Å². The summed E-state index contributed by atoms with van der Waals surface area (Å²) < 4.78 is 30.5. The number of nitriles is 1. The normalized spacial score (nSPS) is 10.7. The van der Waals surface area contributed by atoms with Gasteiger partial charge < -0.3 is 10.1 Å². The quantitative estimate of drug-likeness (QED) is 0.813. The Morgan fingerprint density at radius 3 is 2.46 bits per heavy atom. The number of ether oxygens (including phenoxy) is 1. The van der Waals surface area contributed by atoms with Crippen molar-refractivity contribution < 1.29 is 17.9 Å². The number of methoxy groups -OCH3 is 1. The lowest BCUT2D eigenvalue weighted by molar-refractivity contribution is -0.114. The molecule has 0 saturated carbocycles. The summed E-state index contributed by atoms with van der Waals surface area (Å²) in [6.45, 7) is -0.463. The molecule has 1 amide bonds. The number of hydrogen-bond donors (Lipinski definition) is 1. The molecule has 2 aromatic rings. The fourth-order valence-electron chi connectivity index (χ4n) is 2.20. The van der Waals surface area contributed by atoms with E-state index in [9.17, 15) is 13.2 Å². The third-order valence-electron chi connectivity index (χ3n) is 3.39. The Morgan fingerprint density at radius 2 is 1.92 bits per heavy atom. The molecule has 136 valence electrons. The number of carbonyl (C=O) groups excluding carboxylic acids is 1. The summed E-state index contributed by atoms with van der Waals surface area (Å²) in [6.07, 6.45) is 0.988. The molecule has 0 fully saturated rings. The smallest absolute Gasteiger partial charge is 0.245 e. The van der Waals surface area contributed by atoms with Gasteiger partial charge in [0.25, 0.3) is 0 Å². The number of sulfonamides is 1. The number of benzene rings is 2. The van der Waals surface area contributed by atoms with Gasteiger partial charge in [-0.3, -0.25) is 9.10 Å². The third-order valence-corrected chi connectivity index (χ3v) is 4.76. The Balaban J connectivity index is 2.27. The zero-order chi connectivity index (χ0) is 19.3. The second kappa shape index (κ2) is 8.08. The minimum absolute atomic E-state index is 0.164. The minimum Gasteiger partial charge on any atom is -0.495 e. The van der Waals surface area contributed by atoms with E-state index in [-0.39, 0.29) is 11.4 Å². The van der Waals surface area contributed by atoms with Crippen LogP contribution in [0.25, 0.3) is 0 Å². The van der Waals surface area contributed by atoms with Crippen LogP contribution in [0.5, 0.6) is 5.75 Å². The van der Waals surface area contributed by atoms with Gasteiger partial charge in [0.15, 0.2) is 0 Å². The van der Waals surface area contributed by atoms with Crippen molar-refractivity contribution in [2.75, 3.05) is 29.5 Å². The summed E-state index contributed by atoms with van der Waals surface area (Å²) in [7, 11) is -2.38. The molecular weight excluding hydrogens is 378 g/mol. The van der Waals surface area contributed by atoms with E-state index in [4.69, 9.17) is 21.6 Å². The van der Waals surface area contributed by atoms with Crippen molar-refractivity contribution in [1.82, 2.24) is 0 Å². The van der Waals surface area contributed by atoms with Gasteiger partial charge in [-0.2, -0.15) is 5.26 Å². The van der Waals surface area contributed by atoms with Crippen molar-refractivity contribution in [2.24, 2.45) is 0 Å². The first kappa shape index (κ1) is 19.6. The first-order chi connectivity index (χ1) is 12.2. The molecule has 0 aliphatic carbocycles. The largest absolute Gasteiger partial charge is 0.495 e. The van der Waals surface area contributed by atoms with Gasteiger partial charge in [0.2, 0.25) is 15.9 Å². The van der Waals surface area contributed by atoms with Gasteiger partial charge in [0.1, 0.15) is 12.3 Å². The Kier molecular flexibility index (Phi) is 6.08. The van der Waals surface area contributed by atoms with Crippen LogP contribution in [-0.2, 0) is 14.8 Å². The molecule has 26 heavy (non-hydrogen) atoms. The summed E-state index contributed by atoms with van der Waals surface area (Å²) in [5.74, 6) is -0.284. The number of amides is 1. The predicted octanol–water partition coefficient (Wildman–Crippen LogP) is 2.62. The van der Waals surface area contributed by atoms with Gasteiger partial charge in [-0.25, -0.2) is 8.42 Å². The van der Waals surface area contributed by atoms with E-state index in [1.807, 2.05) is 6.07 Å². The molecule has 0 radical (unpaired) electrons. The number of nitrogens with zero attached hydrogens (tertiary/aromatic N) is 2. The standard InChI is InChI=1S/C17H16ClN3O4S/c1-25-16-8-5-13(18)9-15(16)21(26(2,23)24)11-17(22)20-14-6-3-12(10-19)4-7-14/h3-9H,11H2,1-2H3,(H,20,22). The SMILES string of the molecule is COc1ccc(Cl)cc1N(CC(=O)Nc1ccc(C#N)cc1)S(C)(=O)=O. The maximum Gasteiger partial charge on any atom is 0.245 e. The minimum atomic E-state index is -3.77. The summed E-state index contributed by atoms with van der Waals surface area (Å²) in [5, 5.41) is 11.7. The van der Waals surface area contributed by atoms with E-state index >= 15 is 0 Å². The van der Waals surface area contributed by atoms with Gasteiger partial charge in [0.05, 0.1) is 30.7 Å². The molecule has 2 aromatic carbocycles. The first-order valence-electron chi connectivity index (χ1n) is 7.36. The third kappa shape index (κ3) is 4.88. The highest BCUT2D eigenvalue weighted by atomic mass is 35.5. The van der Waals surface area contributed by atoms with Gasteiger partial charge in [-0.15, -0.1) is 0 Å². The molecule has 0 saturated heterocycles. The summed E-state index contributed by atoms with van der Waals surface area (Å²) >= 11 is 5.96. The molecule has 9 heteroatoms. The molecule has 0 spiro atoms. The van der Waals surface area contributed by atoms with Crippen LogP contribution in [0.1, 0.15) is 5.56 Å². The molecule has 0 bridgehead atoms. The van der Waals surface area contributed by atoms with Crippen molar-refractivity contribution in [1.29, 1.82) is 5.26 Å². The van der Waals surface area contributed by atoms with E-state index in [1.54, 1.807) is 30.3 Å². The van der Waals surface area contributed by atoms with Crippen molar-refractivity contribution in [3.63, 3.8) is 0 Å². The van der Waals surface area contributed by atoms with Crippen LogP contribution in [0.15, 0.2) is 42.5 Å². The van der Waals surface area contributed by atoms with E-state index in [2.05, 4.69) is 5.32 Å². The molecule has 0 aliphatic rings. The molecule has 1 N–H and O–H groups in total. The van der Waals surface area contributed by atoms with Crippen LogP contribution in [0.3, 0.4) is 0 Å². The van der Waals surface area contributed by atoms with Crippen molar-refractivity contribution in [2.45, 2.75) is 0 Å². The fraction of sp³-hybridized carbons (Fsp3) is 0.176. The summed E-state index contributed by atoms with van der Waals surface area (Å²) in [4.78, 5) is 12.3. The highest BCUT2D eigenvalue weighted by Crippen LogP contribution is 2.32. The van der Waals surface area contributed by atoms with E-state index < -0.39 is 22.5 Å². The van der Waals surface area contributed by atoms with Gasteiger partial charge in [-0.1, -0.05) is 11.6 Å². The summed E-state index contributed by atoms with van der Waals surface area (Å²) in [5.41, 5.74) is 1.06. The zero-order valence-corrected chi connectivity index (χ0v) is 15.6. The fourth-order valence-corrected chi connectivity index (χ4v) is 3.22. The number of carbonyl (C=O) groups is 1. The van der Waals surface area contributed by atoms with Gasteiger partial charge in [0, 0.05) is 10.7 Å². The van der Waals surface area contributed by atoms with Crippen molar-refractivity contribution in [3.8, 4) is 11.8 Å². The van der Waals surface area contributed by atoms with Crippen LogP contribution in [0, 0.1) is 11.3 Å². The summed E-state index contributed by atoms with van der Waals surface area (Å²) in [6, 6.07) is 12.7. The molecular formula is C17H16ClN3O4S. The molecule has 0 heterocycles. The molecule has 0 aliphatic heterocycles. The lowest BCUT2D eigenvalue weighted by atomic mass is 10.2. The average Bonchev–Trinajstić information content (AvgIpc) is 2.59. The Morgan fingerprint density at radius 1 is 1.27 bits per heavy atom. The van der Waals surface area contributed by atoms with Crippen LogP contribution < -0.4 is 14.4 Å². The number of halogens is 1. The van der Waals surface area contributed by atoms with Crippen molar-refractivity contribution >= 4 is 38.9 Å². The van der Waals surface area contributed by atoms with E-state index in [0.29, 0.717) is 16.3 Å². The second-order valence-corrected chi connectivity index (χ2v) is 7.67. The maximum absolute atomic E-state index is 12.3. The Hall–Kier alpha value is -2.76. The lowest BCUT2D eigenvalue weighted by Crippen LogP contribution is -2.37. The first-order valence-corrected chi connectivity index (χ1v) is 9.58. The number of anilines is 2. The number of nitrogens with one attached hydrogen (secondary N) is 1. The zero-order valence-electron chi connectivity index (χ0n) is 14.1. The van der Waals surface area contributed by atoms with Crippen molar-refractivity contribution in [3.05, 3.63) is 53.1 Å². The molecule has 0 unspecified atom stereocenters. The predicted molar refractivity (Wildman–Crippen MR) is 100.0 cm³/mol. The van der Waals surface area contributed by atoms with Crippen LogP contribution >= 0.6 is 11.6 Å². The van der Waals surface area contributed by atoms with E-state index in [1.165, 1.54) is 19.2 Å². The molecule has 2 rings (SSSR count). The highest BCUT2D eigenvalue weighted by molar-refractivity contribution is 7.92. The Labute approximate surface area is 156 Å². The second-order valence-electron chi connectivity index (χ2n) is 5.32. The lowest BCUT2D eigenvalue weighted by Gasteiger charge is -2.24. The number of hydrogen-bond acceptors (Lipinski definition) is 5. The molecule has 7 nitrogen and oxygen atoms in total. The molecule has 0 aromatic heterocycles. The monoisotopic (exact) mass is 393 g/mol. The van der Waals surface area contributed by atoms with Gasteiger partial charge >= 0.3 is 0 Å². The van der Waals surface area contributed by atoms with Gasteiger partial charge in [-0.05, 0) is 42.5 Å². The topological polar surface area (TPSA) is 99.5 Å². The maximum atomic E-state index is 12.3.